The molecule has 0 fully saturated rings. The number of rotatable bonds is 4. The van der Waals surface area contributed by atoms with Crippen molar-refractivity contribution < 1.29 is 5.11 Å². The highest BCUT2D eigenvalue weighted by Crippen LogP contribution is 2.31. The molecule has 2 aromatic carbocycles. The number of aliphatic hydroxyl groups is 1. The van der Waals surface area contributed by atoms with Crippen molar-refractivity contribution in [2.24, 2.45) is 0 Å². The van der Waals surface area contributed by atoms with Crippen LogP contribution in [0.3, 0.4) is 0 Å². The van der Waals surface area contributed by atoms with Gasteiger partial charge in [0.1, 0.15) is 6.10 Å². The molecule has 0 spiro atoms. The molecule has 1 nitrogen and oxygen atoms in total. The van der Waals surface area contributed by atoms with E-state index >= 15 is 0 Å². The van der Waals surface area contributed by atoms with Crippen molar-refractivity contribution in [3.63, 3.8) is 0 Å². The molecule has 2 aromatic rings. The third-order valence-corrected chi connectivity index (χ3v) is 4.22. The molecule has 0 saturated carbocycles. The molecule has 1 atom stereocenters. The fourth-order valence-corrected chi connectivity index (χ4v) is 2.81. The Morgan fingerprint density at radius 2 is 1.74 bits per heavy atom. The van der Waals surface area contributed by atoms with Gasteiger partial charge in [0, 0.05) is 4.47 Å². The lowest BCUT2D eigenvalue weighted by molar-refractivity contribution is 0.218. The molecule has 2 heteroatoms. The van der Waals surface area contributed by atoms with E-state index in [1.807, 2.05) is 24.3 Å². The molecule has 0 saturated heterocycles. The second-order valence-corrected chi connectivity index (χ2v) is 5.52. The molecule has 19 heavy (non-hydrogen) atoms. The molecular weight excluding hydrogens is 300 g/mol. The van der Waals surface area contributed by atoms with Gasteiger partial charge in [-0.15, -0.1) is 0 Å². The number of halogens is 1. The molecule has 0 aliphatic carbocycles. The highest BCUT2D eigenvalue weighted by molar-refractivity contribution is 9.10. The molecule has 1 unspecified atom stereocenters. The minimum absolute atomic E-state index is 0.572. The Morgan fingerprint density at radius 1 is 1.00 bits per heavy atom. The lowest BCUT2D eigenvalue weighted by atomic mass is 9.93. The van der Waals surface area contributed by atoms with Crippen molar-refractivity contribution in [3.05, 3.63) is 69.2 Å². The van der Waals surface area contributed by atoms with Crippen molar-refractivity contribution in [1.82, 2.24) is 0 Å². The first-order valence-electron chi connectivity index (χ1n) is 6.71. The Hall–Kier alpha value is -1.12. The van der Waals surface area contributed by atoms with Crippen LogP contribution in [-0.2, 0) is 12.8 Å². The van der Waals surface area contributed by atoms with E-state index < -0.39 is 6.10 Å². The summed E-state index contributed by atoms with van der Waals surface area (Å²) in [6.45, 7) is 4.26. The van der Waals surface area contributed by atoms with E-state index in [2.05, 4.69) is 48.0 Å². The van der Waals surface area contributed by atoms with Crippen LogP contribution in [0.2, 0.25) is 0 Å². The summed E-state index contributed by atoms with van der Waals surface area (Å²) in [7, 11) is 0. The highest BCUT2D eigenvalue weighted by Gasteiger charge is 2.16. The van der Waals surface area contributed by atoms with Crippen LogP contribution >= 0.6 is 15.9 Å². The fraction of sp³-hybridized carbons (Fsp3) is 0.294. The van der Waals surface area contributed by atoms with Crippen molar-refractivity contribution in [1.29, 1.82) is 0 Å². The van der Waals surface area contributed by atoms with Crippen molar-refractivity contribution in [2.75, 3.05) is 0 Å². The van der Waals surface area contributed by atoms with Gasteiger partial charge in [-0.3, -0.25) is 0 Å². The maximum atomic E-state index is 10.7. The van der Waals surface area contributed by atoms with Crippen LogP contribution in [0.1, 0.15) is 42.2 Å². The van der Waals surface area contributed by atoms with Crippen LogP contribution < -0.4 is 0 Å². The minimum Gasteiger partial charge on any atom is -0.384 e. The SMILES string of the molecule is CCc1ccc(CC)c(C(O)c2ccccc2Br)c1. The summed E-state index contributed by atoms with van der Waals surface area (Å²) in [5.41, 5.74) is 4.41. The molecule has 100 valence electrons. The predicted octanol–water partition coefficient (Wildman–Crippen LogP) is 4.66. The predicted molar refractivity (Wildman–Crippen MR) is 83.4 cm³/mol. The quantitative estimate of drug-likeness (QED) is 0.869. The average molecular weight is 319 g/mol. The first kappa shape index (κ1) is 14.3. The molecular formula is C17H19BrO. The van der Waals surface area contributed by atoms with E-state index in [4.69, 9.17) is 0 Å². The summed E-state index contributed by atoms with van der Waals surface area (Å²) in [4.78, 5) is 0. The molecule has 0 aliphatic heterocycles. The first-order valence-corrected chi connectivity index (χ1v) is 7.50. The van der Waals surface area contributed by atoms with Gasteiger partial charge in [0.05, 0.1) is 0 Å². The number of aryl methyl sites for hydroxylation is 2. The topological polar surface area (TPSA) is 20.2 Å². The summed E-state index contributed by atoms with van der Waals surface area (Å²) in [5, 5.41) is 10.7. The minimum atomic E-state index is -0.572. The van der Waals surface area contributed by atoms with E-state index in [1.54, 1.807) is 0 Å². The summed E-state index contributed by atoms with van der Waals surface area (Å²) >= 11 is 3.52. The van der Waals surface area contributed by atoms with E-state index in [0.29, 0.717) is 0 Å². The van der Waals surface area contributed by atoms with Crippen LogP contribution in [0.15, 0.2) is 46.9 Å². The first-order chi connectivity index (χ1) is 9.17. The van der Waals surface area contributed by atoms with Gasteiger partial charge in [-0.05, 0) is 41.2 Å². The third kappa shape index (κ3) is 3.07. The van der Waals surface area contributed by atoms with Gasteiger partial charge in [-0.1, -0.05) is 66.2 Å². The third-order valence-electron chi connectivity index (χ3n) is 3.49. The number of hydrogen-bond donors (Lipinski definition) is 1. The maximum Gasteiger partial charge on any atom is 0.105 e. The van der Waals surface area contributed by atoms with Crippen LogP contribution in [0.4, 0.5) is 0 Å². The van der Waals surface area contributed by atoms with Crippen LogP contribution in [-0.4, -0.2) is 5.11 Å². The zero-order valence-corrected chi connectivity index (χ0v) is 12.9. The van der Waals surface area contributed by atoms with Crippen LogP contribution in [0.5, 0.6) is 0 Å². The van der Waals surface area contributed by atoms with E-state index in [0.717, 1.165) is 28.4 Å². The summed E-state index contributed by atoms with van der Waals surface area (Å²) in [6, 6.07) is 14.3. The molecule has 0 amide bonds. The van der Waals surface area contributed by atoms with Crippen molar-refractivity contribution in [3.8, 4) is 0 Å². The molecule has 0 radical (unpaired) electrons. The van der Waals surface area contributed by atoms with Gasteiger partial charge in [0.25, 0.3) is 0 Å². The second-order valence-electron chi connectivity index (χ2n) is 4.66. The van der Waals surface area contributed by atoms with Gasteiger partial charge in [-0.25, -0.2) is 0 Å². The number of hydrogen-bond acceptors (Lipinski definition) is 1. The zero-order chi connectivity index (χ0) is 13.8. The molecule has 0 heterocycles. The lowest BCUT2D eigenvalue weighted by Gasteiger charge is -2.18. The molecule has 2 rings (SSSR count). The fourth-order valence-electron chi connectivity index (χ4n) is 2.31. The number of aliphatic hydroxyl groups excluding tert-OH is 1. The Bertz CT molecular complexity index is 563. The van der Waals surface area contributed by atoms with Gasteiger partial charge in [0.15, 0.2) is 0 Å². The molecule has 0 aromatic heterocycles. The van der Waals surface area contributed by atoms with E-state index in [-0.39, 0.29) is 0 Å². The Kier molecular flexibility index (Phi) is 4.78. The standard InChI is InChI=1S/C17H19BrO/c1-3-12-9-10-13(4-2)15(11-12)17(19)14-7-5-6-8-16(14)18/h5-11,17,19H,3-4H2,1-2H3. The van der Waals surface area contributed by atoms with Crippen LogP contribution in [0, 0.1) is 0 Å². The van der Waals surface area contributed by atoms with Gasteiger partial charge in [-0.2, -0.15) is 0 Å². The van der Waals surface area contributed by atoms with Crippen molar-refractivity contribution >= 4 is 15.9 Å². The Labute approximate surface area is 123 Å². The zero-order valence-electron chi connectivity index (χ0n) is 11.4. The molecule has 1 N–H and O–H groups in total. The summed E-state index contributed by atoms with van der Waals surface area (Å²) in [5.74, 6) is 0. The van der Waals surface area contributed by atoms with Gasteiger partial charge >= 0.3 is 0 Å². The monoisotopic (exact) mass is 318 g/mol. The Balaban J connectivity index is 2.48. The molecule has 0 bridgehead atoms. The van der Waals surface area contributed by atoms with Crippen LogP contribution in [0.25, 0.3) is 0 Å². The summed E-state index contributed by atoms with van der Waals surface area (Å²) < 4.78 is 0.950. The van der Waals surface area contributed by atoms with Gasteiger partial charge in [0.2, 0.25) is 0 Å². The van der Waals surface area contributed by atoms with E-state index in [9.17, 15) is 5.11 Å². The Morgan fingerprint density at radius 3 is 2.37 bits per heavy atom. The smallest absolute Gasteiger partial charge is 0.105 e. The van der Waals surface area contributed by atoms with E-state index in [1.165, 1.54) is 11.1 Å². The summed E-state index contributed by atoms with van der Waals surface area (Å²) in [6.07, 6.45) is 1.34. The number of benzene rings is 2. The van der Waals surface area contributed by atoms with Crippen molar-refractivity contribution in [2.45, 2.75) is 32.8 Å². The van der Waals surface area contributed by atoms with Gasteiger partial charge < -0.3 is 5.11 Å². The molecule has 0 aliphatic rings. The highest BCUT2D eigenvalue weighted by atomic mass is 79.9. The maximum absolute atomic E-state index is 10.7. The normalized spacial score (nSPS) is 12.4. The average Bonchev–Trinajstić information content (AvgIpc) is 2.46. The second kappa shape index (κ2) is 6.36. The lowest BCUT2D eigenvalue weighted by Crippen LogP contribution is -2.05. The largest absolute Gasteiger partial charge is 0.384 e.